The summed E-state index contributed by atoms with van der Waals surface area (Å²) in [6.45, 7) is 13.4. The van der Waals surface area contributed by atoms with Crippen molar-refractivity contribution in [3.05, 3.63) is 63.7 Å². The summed E-state index contributed by atoms with van der Waals surface area (Å²) < 4.78 is 0.256. The number of hydrogen-bond acceptors (Lipinski definition) is 0. The SMILES string of the molecule is CCc1ccc2c(c1-c1cc(C)cc(C)c1)C=C(C(C)(C)C)[CH]2[Zr]([Cl])[Cl]. The first-order valence-electron chi connectivity index (χ1n) is 9.27. The van der Waals surface area contributed by atoms with Crippen molar-refractivity contribution in [3.63, 3.8) is 0 Å². The minimum absolute atomic E-state index is 0.0748. The third-order valence-corrected chi connectivity index (χ3v) is 10.4. The maximum absolute atomic E-state index is 6.66. The Kier molecular flexibility index (Phi) is 5.94. The van der Waals surface area contributed by atoms with Gasteiger partial charge in [0, 0.05) is 0 Å². The summed E-state index contributed by atoms with van der Waals surface area (Å²) in [6.07, 6.45) is 3.42. The number of benzene rings is 2. The molecule has 26 heavy (non-hydrogen) atoms. The monoisotopic (exact) mass is 463 g/mol. The van der Waals surface area contributed by atoms with Crippen molar-refractivity contribution in [2.75, 3.05) is 0 Å². The molecule has 0 spiro atoms. The molecule has 1 unspecified atom stereocenters. The Bertz CT molecular complexity index is 852. The average molecular weight is 466 g/mol. The van der Waals surface area contributed by atoms with Gasteiger partial charge in [0.2, 0.25) is 0 Å². The number of allylic oxidation sites excluding steroid dienone is 1. The summed E-state index contributed by atoms with van der Waals surface area (Å²) in [6, 6.07) is 11.4. The van der Waals surface area contributed by atoms with E-state index in [-0.39, 0.29) is 9.04 Å². The molecule has 0 radical (unpaired) electrons. The van der Waals surface area contributed by atoms with E-state index in [4.69, 9.17) is 17.0 Å². The van der Waals surface area contributed by atoms with Gasteiger partial charge in [-0.3, -0.25) is 0 Å². The van der Waals surface area contributed by atoms with Crippen molar-refractivity contribution in [1.29, 1.82) is 0 Å². The van der Waals surface area contributed by atoms with E-state index in [1.807, 2.05) is 0 Å². The van der Waals surface area contributed by atoms with Crippen molar-refractivity contribution in [3.8, 4) is 11.1 Å². The minimum atomic E-state index is -2.51. The van der Waals surface area contributed by atoms with Crippen molar-refractivity contribution >= 4 is 23.1 Å². The van der Waals surface area contributed by atoms with Crippen LogP contribution in [0.3, 0.4) is 0 Å². The molecule has 1 aliphatic carbocycles. The predicted molar refractivity (Wildman–Crippen MR) is 113 cm³/mol. The molecule has 0 heterocycles. The fraction of sp³-hybridized carbons (Fsp3) is 0.391. The first kappa shape index (κ1) is 20.4. The van der Waals surface area contributed by atoms with Crippen LogP contribution in [0.15, 0.2) is 35.9 Å². The first-order chi connectivity index (χ1) is 12.1. The van der Waals surface area contributed by atoms with Crippen molar-refractivity contribution in [1.82, 2.24) is 0 Å². The summed E-state index contributed by atoms with van der Waals surface area (Å²) in [5.41, 5.74) is 10.9. The van der Waals surface area contributed by atoms with E-state index in [1.165, 1.54) is 44.5 Å². The number of halogens is 2. The molecule has 137 valence electrons. The van der Waals surface area contributed by atoms with Crippen molar-refractivity contribution in [2.24, 2.45) is 5.41 Å². The molecule has 2 aromatic rings. The van der Waals surface area contributed by atoms with Gasteiger partial charge in [-0.2, -0.15) is 0 Å². The standard InChI is InChI=1S/C23H27.2ClH.Zr/c1-7-17-8-9-18-13-20(23(4,5)6)14-21(18)22(17)19-11-15(2)10-16(3)12-19;;;/h8-14H,7H2,1-6H3;2*1H;/q;;;+2/p-2. The van der Waals surface area contributed by atoms with E-state index in [0.717, 1.165) is 6.42 Å². The van der Waals surface area contributed by atoms with Gasteiger partial charge < -0.3 is 0 Å². The fourth-order valence-electron chi connectivity index (χ4n) is 4.13. The van der Waals surface area contributed by atoms with Crippen LogP contribution in [0.5, 0.6) is 0 Å². The third-order valence-electron chi connectivity index (χ3n) is 5.26. The number of fused-ring (bicyclic) bond motifs is 1. The van der Waals surface area contributed by atoms with Gasteiger partial charge >= 0.3 is 174 Å². The summed E-state index contributed by atoms with van der Waals surface area (Å²) in [7, 11) is 13.3. The van der Waals surface area contributed by atoms with Gasteiger partial charge in [-0.1, -0.05) is 0 Å². The number of rotatable bonds is 3. The molecule has 1 atom stereocenters. The molecule has 1 aliphatic rings. The Balaban J connectivity index is 2.33. The Morgan fingerprint density at radius 2 is 1.62 bits per heavy atom. The molecule has 0 amide bonds. The van der Waals surface area contributed by atoms with Crippen LogP contribution in [-0.4, -0.2) is 0 Å². The van der Waals surface area contributed by atoms with Crippen LogP contribution < -0.4 is 0 Å². The Hall–Kier alpha value is -0.357. The molecule has 0 aromatic heterocycles. The second-order valence-corrected chi connectivity index (χ2v) is 17.2. The van der Waals surface area contributed by atoms with E-state index < -0.39 is 19.4 Å². The zero-order chi connectivity index (χ0) is 19.2. The van der Waals surface area contributed by atoms with Gasteiger partial charge in [0.1, 0.15) is 0 Å². The van der Waals surface area contributed by atoms with E-state index in [9.17, 15) is 0 Å². The molecular formula is C23H27Cl2Zr. The summed E-state index contributed by atoms with van der Waals surface area (Å²) in [4.78, 5) is 0. The molecule has 0 fully saturated rings. The number of aryl methyl sites for hydroxylation is 3. The number of hydrogen-bond donors (Lipinski definition) is 0. The van der Waals surface area contributed by atoms with Crippen LogP contribution >= 0.6 is 17.0 Å². The van der Waals surface area contributed by atoms with E-state index in [2.05, 4.69) is 78.0 Å². The van der Waals surface area contributed by atoms with Crippen molar-refractivity contribution in [2.45, 2.75) is 51.6 Å². The average Bonchev–Trinajstić information content (AvgIpc) is 2.92. The summed E-state index contributed by atoms with van der Waals surface area (Å²) >= 11 is -2.51. The zero-order valence-electron chi connectivity index (χ0n) is 16.5. The van der Waals surface area contributed by atoms with E-state index >= 15 is 0 Å². The van der Waals surface area contributed by atoms with Crippen LogP contribution in [-0.2, 0) is 25.8 Å². The van der Waals surface area contributed by atoms with Crippen LogP contribution in [0.4, 0.5) is 0 Å². The summed E-state index contributed by atoms with van der Waals surface area (Å²) in [5, 5.41) is 0. The van der Waals surface area contributed by atoms with Gasteiger partial charge in [0.05, 0.1) is 0 Å². The van der Waals surface area contributed by atoms with Gasteiger partial charge in [0.15, 0.2) is 0 Å². The van der Waals surface area contributed by atoms with Crippen LogP contribution in [0.2, 0.25) is 0 Å². The van der Waals surface area contributed by atoms with Gasteiger partial charge in [-0.25, -0.2) is 0 Å². The predicted octanol–water partition coefficient (Wildman–Crippen LogP) is 7.94. The maximum atomic E-state index is 6.66. The molecule has 0 saturated carbocycles. The molecule has 0 nitrogen and oxygen atoms in total. The van der Waals surface area contributed by atoms with E-state index in [1.54, 1.807) is 0 Å². The third kappa shape index (κ3) is 3.78. The second-order valence-electron chi connectivity index (χ2n) is 8.40. The molecule has 3 heteroatoms. The van der Waals surface area contributed by atoms with E-state index in [0.29, 0.717) is 0 Å². The molecule has 2 aromatic carbocycles. The molecule has 0 saturated heterocycles. The van der Waals surface area contributed by atoms with Crippen LogP contribution in [0, 0.1) is 19.3 Å². The molecule has 3 rings (SSSR count). The van der Waals surface area contributed by atoms with Crippen molar-refractivity contribution < 1.29 is 19.4 Å². The zero-order valence-corrected chi connectivity index (χ0v) is 20.5. The van der Waals surface area contributed by atoms with Crippen LogP contribution in [0.1, 0.15) is 59.1 Å². The quantitative estimate of drug-likeness (QED) is 0.432. The Morgan fingerprint density at radius 3 is 2.12 bits per heavy atom. The normalized spacial score (nSPS) is 16.5. The fourth-order valence-corrected chi connectivity index (χ4v) is 9.96. The Morgan fingerprint density at radius 1 is 1.00 bits per heavy atom. The molecular weight excluding hydrogens is 438 g/mol. The molecule has 0 bridgehead atoms. The van der Waals surface area contributed by atoms with Gasteiger partial charge in [0.25, 0.3) is 0 Å². The topological polar surface area (TPSA) is 0 Å². The summed E-state index contributed by atoms with van der Waals surface area (Å²) in [5.74, 6) is 0. The van der Waals surface area contributed by atoms with Crippen LogP contribution in [0.25, 0.3) is 17.2 Å². The molecule has 0 N–H and O–H groups in total. The van der Waals surface area contributed by atoms with Gasteiger partial charge in [-0.15, -0.1) is 0 Å². The second kappa shape index (κ2) is 7.58. The van der Waals surface area contributed by atoms with Gasteiger partial charge in [-0.05, 0) is 0 Å². The molecule has 0 aliphatic heterocycles. The Labute approximate surface area is 173 Å². The first-order valence-corrected chi connectivity index (χ1v) is 17.0.